The van der Waals surface area contributed by atoms with Crippen LogP contribution in [0.1, 0.15) is 50.2 Å². The Morgan fingerprint density at radius 1 is 0.965 bits per heavy atom. The number of nitrogens with zero attached hydrogens (tertiary/aromatic N) is 5. The Balaban J connectivity index is 1.20. The van der Waals surface area contributed by atoms with Crippen LogP contribution < -0.4 is 26.6 Å². The number of fused-ring (bicyclic) bond motifs is 1. The highest BCUT2D eigenvalue weighted by atomic mass is 79.9. The third-order valence-corrected chi connectivity index (χ3v) is 12.1. The monoisotopic (exact) mass is 909 g/mol. The van der Waals surface area contributed by atoms with Gasteiger partial charge in [0.25, 0.3) is 11.8 Å². The van der Waals surface area contributed by atoms with Crippen molar-refractivity contribution in [3.63, 3.8) is 0 Å². The molecule has 4 heterocycles. The topological polar surface area (TPSA) is 194 Å². The van der Waals surface area contributed by atoms with Crippen molar-refractivity contribution in [2.75, 3.05) is 56.0 Å². The van der Waals surface area contributed by atoms with E-state index in [9.17, 15) is 29.1 Å². The molecular formula is C40H49Br2N9O6. The van der Waals surface area contributed by atoms with Gasteiger partial charge in [0.1, 0.15) is 11.8 Å². The molecule has 0 spiro atoms. The molecule has 304 valence electrons. The molecule has 2 atom stereocenters. The number of carbonyl (C=O) groups is 5. The van der Waals surface area contributed by atoms with Crippen molar-refractivity contribution in [3.8, 4) is 5.75 Å². The third-order valence-electron chi connectivity index (χ3n) is 10.9. The van der Waals surface area contributed by atoms with Crippen LogP contribution in [0.3, 0.4) is 0 Å². The Kier molecular flexibility index (Phi) is 13.7. The molecule has 3 aromatic rings. The number of urea groups is 1. The van der Waals surface area contributed by atoms with Crippen molar-refractivity contribution in [1.29, 1.82) is 0 Å². The summed E-state index contributed by atoms with van der Waals surface area (Å²) in [5.41, 5.74) is 8.17. The smallest absolute Gasteiger partial charge is 0.322 e. The molecule has 0 saturated carbocycles. The average Bonchev–Trinajstić information content (AvgIpc) is 3.21. The zero-order valence-electron chi connectivity index (χ0n) is 31.9. The van der Waals surface area contributed by atoms with Gasteiger partial charge in [0.2, 0.25) is 11.8 Å². The normalized spacial score (nSPS) is 17.6. The number of piperidine rings is 1. The summed E-state index contributed by atoms with van der Waals surface area (Å²) in [5, 5.41) is 19.0. The number of halogens is 2. The van der Waals surface area contributed by atoms with E-state index < -0.39 is 23.4 Å². The van der Waals surface area contributed by atoms with E-state index in [1.807, 2.05) is 36.4 Å². The van der Waals surface area contributed by atoms with E-state index in [1.54, 1.807) is 39.2 Å². The van der Waals surface area contributed by atoms with Gasteiger partial charge in [-0.3, -0.25) is 24.2 Å². The lowest BCUT2D eigenvalue weighted by Crippen LogP contribution is -2.68. The number of anilines is 2. The Labute approximate surface area is 349 Å². The first-order valence-electron chi connectivity index (χ1n) is 19.2. The minimum absolute atomic E-state index is 0.0439. The molecule has 17 heteroatoms. The van der Waals surface area contributed by atoms with E-state index in [0.29, 0.717) is 79.5 Å². The number of aromatic nitrogens is 1. The van der Waals surface area contributed by atoms with Crippen molar-refractivity contribution >= 4 is 72.9 Å². The number of phenolic OH excluding ortho intramolecular Hbond substituents is 1. The summed E-state index contributed by atoms with van der Waals surface area (Å²) in [6, 6.07) is 13.4. The molecule has 2 fully saturated rings. The lowest BCUT2D eigenvalue weighted by Gasteiger charge is -2.42. The van der Waals surface area contributed by atoms with Crippen molar-refractivity contribution < 1.29 is 29.1 Å². The molecule has 0 aliphatic carbocycles. The van der Waals surface area contributed by atoms with Gasteiger partial charge < -0.3 is 46.4 Å². The van der Waals surface area contributed by atoms with E-state index in [1.165, 1.54) is 6.92 Å². The molecule has 0 bridgehead atoms. The fourth-order valence-corrected chi connectivity index (χ4v) is 9.00. The van der Waals surface area contributed by atoms with Crippen LogP contribution in [0.15, 0.2) is 69.9 Å². The van der Waals surface area contributed by atoms with Gasteiger partial charge in [-0.15, -0.1) is 0 Å². The first-order valence-corrected chi connectivity index (χ1v) is 20.8. The van der Waals surface area contributed by atoms with Crippen LogP contribution in [-0.4, -0.2) is 118 Å². The minimum Gasteiger partial charge on any atom is -0.506 e. The highest BCUT2D eigenvalue weighted by molar-refractivity contribution is 9.11. The molecule has 6 N–H and O–H groups in total. The van der Waals surface area contributed by atoms with Gasteiger partial charge in [-0.25, -0.2) is 4.79 Å². The first-order chi connectivity index (χ1) is 27.3. The fourth-order valence-electron chi connectivity index (χ4n) is 7.72. The number of unbranched alkanes of at least 4 members (excludes halogenated alkanes) is 1. The number of piperazine rings is 1. The van der Waals surface area contributed by atoms with Gasteiger partial charge in [-0.05, 0) is 105 Å². The number of likely N-dealkylation sites (tertiary alicyclic amines) is 1. The highest BCUT2D eigenvalue weighted by Crippen LogP contribution is 2.35. The number of amides is 6. The van der Waals surface area contributed by atoms with Gasteiger partial charge >= 0.3 is 6.03 Å². The maximum absolute atomic E-state index is 14.6. The summed E-state index contributed by atoms with van der Waals surface area (Å²) in [4.78, 5) is 79.4. The molecule has 3 aliphatic rings. The number of pyridine rings is 1. The van der Waals surface area contributed by atoms with E-state index in [2.05, 4.69) is 57.7 Å². The van der Waals surface area contributed by atoms with E-state index in [4.69, 9.17) is 5.73 Å². The van der Waals surface area contributed by atoms with Crippen molar-refractivity contribution in [2.24, 2.45) is 5.73 Å². The second-order valence-electron chi connectivity index (χ2n) is 14.8. The molecule has 0 unspecified atom stereocenters. The lowest BCUT2D eigenvalue weighted by molar-refractivity contribution is -0.147. The Hall–Kier alpha value is -4.74. The minimum atomic E-state index is -2.14. The number of aromatic hydroxyl groups is 1. The molecule has 6 rings (SSSR count). The summed E-state index contributed by atoms with van der Waals surface area (Å²) in [7, 11) is 0. The van der Waals surface area contributed by atoms with E-state index in [0.717, 1.165) is 16.9 Å². The number of carbonyl (C=O) groups excluding carboxylic acids is 5. The average molecular weight is 912 g/mol. The second kappa shape index (κ2) is 18.7. The number of benzene rings is 2. The van der Waals surface area contributed by atoms with Crippen molar-refractivity contribution in [2.45, 2.75) is 69.6 Å². The van der Waals surface area contributed by atoms with Gasteiger partial charge in [-0.1, -0.05) is 18.2 Å². The van der Waals surface area contributed by atoms with Crippen LogP contribution in [0.2, 0.25) is 0 Å². The molecule has 2 saturated heterocycles. The zero-order chi connectivity index (χ0) is 40.7. The van der Waals surface area contributed by atoms with E-state index >= 15 is 0 Å². The number of phenols is 1. The van der Waals surface area contributed by atoms with Crippen LogP contribution in [0, 0.1) is 0 Å². The van der Waals surface area contributed by atoms with Gasteiger partial charge in [-0.2, -0.15) is 0 Å². The zero-order valence-corrected chi connectivity index (χ0v) is 35.1. The van der Waals surface area contributed by atoms with Crippen LogP contribution in [-0.2, 0) is 32.1 Å². The quantitative estimate of drug-likeness (QED) is 0.126. The van der Waals surface area contributed by atoms with Crippen LogP contribution in [0.25, 0.3) is 0 Å². The van der Waals surface area contributed by atoms with Crippen LogP contribution >= 0.6 is 31.9 Å². The molecule has 57 heavy (non-hydrogen) atoms. The number of para-hydroxylation sites is 1. The highest BCUT2D eigenvalue weighted by Gasteiger charge is 2.47. The van der Waals surface area contributed by atoms with Gasteiger partial charge in [0.05, 0.1) is 8.95 Å². The summed E-state index contributed by atoms with van der Waals surface area (Å²) >= 11 is 6.70. The van der Waals surface area contributed by atoms with Crippen molar-refractivity contribution in [1.82, 2.24) is 30.3 Å². The molecule has 1 aromatic heterocycles. The summed E-state index contributed by atoms with van der Waals surface area (Å²) in [6.45, 7) is 4.86. The molecule has 2 aromatic carbocycles. The second-order valence-corrected chi connectivity index (χ2v) is 16.5. The maximum Gasteiger partial charge on any atom is 0.322 e. The fraction of sp³-hybridized carbons (Fsp3) is 0.450. The van der Waals surface area contributed by atoms with Crippen LogP contribution in [0.4, 0.5) is 16.2 Å². The summed E-state index contributed by atoms with van der Waals surface area (Å²) in [6.07, 6.45) is 5.54. The molecular weight excluding hydrogens is 862 g/mol. The van der Waals surface area contributed by atoms with Gasteiger partial charge in [0, 0.05) is 95.5 Å². The number of hydrogen-bond donors (Lipinski definition) is 5. The largest absolute Gasteiger partial charge is 0.506 e. The lowest BCUT2D eigenvalue weighted by atomic mass is 9.87. The van der Waals surface area contributed by atoms with E-state index in [-0.39, 0.29) is 55.6 Å². The summed E-state index contributed by atoms with van der Waals surface area (Å²) in [5.74, 6) is -1.87. The Bertz CT molecular complexity index is 1930. The van der Waals surface area contributed by atoms with Gasteiger partial charge in [0.15, 0.2) is 5.54 Å². The number of nitrogens with two attached hydrogens (primary N) is 1. The predicted molar refractivity (Wildman–Crippen MR) is 222 cm³/mol. The predicted octanol–water partition coefficient (Wildman–Crippen LogP) is 3.73. The van der Waals surface area contributed by atoms with Crippen LogP contribution in [0.5, 0.6) is 5.75 Å². The van der Waals surface area contributed by atoms with Crippen molar-refractivity contribution in [3.05, 3.63) is 81.0 Å². The summed E-state index contributed by atoms with van der Waals surface area (Å²) < 4.78 is 0.699. The number of hydrogen-bond acceptors (Lipinski definition) is 9. The molecule has 6 amide bonds. The third kappa shape index (κ3) is 10.0. The standard InChI is InChI=1S/C40H49Br2N9O6/c1-26(52)45-13-5-4-8-34(36(54)49-20-18-48(19-21-49)29-9-14-44-15-10-29)46-37(55)40(43,24-27-22-31(41)35(53)32(42)23-27)38(56)50-16-11-30(12-17-50)51-25-28-6-2-3-7-33(28)47-39(51)57/h2-3,6-7,9-10,14-15,22-23,30,34,53H,4-5,8,11-13,16-21,24-25,43H2,1H3,(H,45,52)(H,46,55)(H,47,57)/t34-,40+/m0/s1. The Morgan fingerprint density at radius 3 is 2.30 bits per heavy atom. The molecule has 15 nitrogen and oxygen atoms in total. The SMILES string of the molecule is CC(=O)NCCCC[C@H](NC(=O)[C@](N)(Cc1cc(Br)c(O)c(Br)c1)C(=O)N1CCC(N2Cc3ccccc3NC2=O)CC1)C(=O)N1CCN(c2ccncc2)CC1. The number of nitrogens with one attached hydrogen (secondary N) is 3. The molecule has 0 radical (unpaired) electrons. The maximum atomic E-state index is 14.6. The Morgan fingerprint density at radius 2 is 1.63 bits per heavy atom. The first kappa shape index (κ1) is 41.9. The molecule has 3 aliphatic heterocycles. The number of rotatable bonds is 13.